The van der Waals surface area contributed by atoms with Crippen molar-refractivity contribution in [3.63, 3.8) is 0 Å². The second-order valence-electron chi connectivity index (χ2n) is 4.70. The molecule has 100 valence electrons. The third-order valence-electron chi connectivity index (χ3n) is 3.30. The molecule has 0 radical (unpaired) electrons. The number of hydrogen-bond donors (Lipinski definition) is 1. The van der Waals surface area contributed by atoms with Crippen LogP contribution < -0.4 is 5.32 Å². The fourth-order valence-electron chi connectivity index (χ4n) is 2.24. The first-order valence-electron chi connectivity index (χ1n) is 6.38. The van der Waals surface area contributed by atoms with Crippen LogP contribution in [0.4, 0.5) is 0 Å². The molecule has 1 heterocycles. The summed E-state index contributed by atoms with van der Waals surface area (Å²) in [5.41, 5.74) is -0.198. The molecule has 0 spiro atoms. The van der Waals surface area contributed by atoms with Gasteiger partial charge in [0.25, 0.3) is 0 Å². The number of halogens is 2. The molecule has 17 heavy (non-hydrogen) atoms. The zero-order valence-electron chi connectivity index (χ0n) is 10.4. The molecule has 1 saturated heterocycles. The van der Waals surface area contributed by atoms with Gasteiger partial charge < -0.3 is 10.1 Å². The van der Waals surface area contributed by atoms with Gasteiger partial charge in [-0.1, -0.05) is 45.2 Å². The standard InChI is InChI=1S/C12H21Br2NO2/c1-2-3-4-12(5-7-15-8-6-12)17-11(16)10(14)9-13/h10,15H,2-9H2,1H3/p+1. The van der Waals surface area contributed by atoms with Crippen molar-refractivity contribution >= 4 is 37.8 Å². The number of carbonyl (C=O) groups is 1. The van der Waals surface area contributed by atoms with Gasteiger partial charge in [0.2, 0.25) is 0 Å². The zero-order valence-corrected chi connectivity index (χ0v) is 13.6. The van der Waals surface area contributed by atoms with Gasteiger partial charge in [-0.25, -0.2) is 0 Å². The number of piperidine rings is 1. The van der Waals surface area contributed by atoms with E-state index in [9.17, 15) is 4.79 Å². The predicted octanol–water partition coefficient (Wildman–Crippen LogP) is 1.97. The van der Waals surface area contributed by atoms with Crippen molar-refractivity contribution in [2.24, 2.45) is 0 Å². The highest BCUT2D eigenvalue weighted by Crippen LogP contribution is 2.29. The maximum absolute atomic E-state index is 11.9. The molecule has 2 N–H and O–H groups in total. The molecule has 0 bridgehead atoms. The molecule has 0 aromatic carbocycles. The molecule has 0 amide bonds. The van der Waals surface area contributed by atoms with Crippen molar-refractivity contribution in [3.8, 4) is 0 Å². The van der Waals surface area contributed by atoms with Gasteiger partial charge >= 0.3 is 5.97 Å². The summed E-state index contributed by atoms with van der Waals surface area (Å²) >= 11 is 6.63. The number of esters is 1. The Morgan fingerprint density at radius 1 is 1.47 bits per heavy atom. The number of unbranched alkanes of at least 4 members (excludes halogenated alkanes) is 1. The van der Waals surface area contributed by atoms with E-state index in [2.05, 4.69) is 44.1 Å². The molecule has 5 heteroatoms. The summed E-state index contributed by atoms with van der Waals surface area (Å²) in [5.74, 6) is -0.125. The molecular weight excluding hydrogens is 350 g/mol. The smallest absolute Gasteiger partial charge is 0.321 e. The minimum atomic E-state index is -0.230. The molecule has 1 fully saturated rings. The van der Waals surface area contributed by atoms with Gasteiger partial charge in [0.1, 0.15) is 10.4 Å². The van der Waals surface area contributed by atoms with Crippen LogP contribution in [-0.4, -0.2) is 34.8 Å². The van der Waals surface area contributed by atoms with E-state index in [0.29, 0.717) is 5.33 Å². The first-order chi connectivity index (χ1) is 8.13. The summed E-state index contributed by atoms with van der Waals surface area (Å²) in [4.78, 5) is 11.7. The molecule has 0 aromatic heterocycles. The monoisotopic (exact) mass is 370 g/mol. The third kappa shape index (κ3) is 4.87. The number of rotatable bonds is 6. The van der Waals surface area contributed by atoms with Crippen LogP contribution in [0.25, 0.3) is 0 Å². The van der Waals surface area contributed by atoms with E-state index in [4.69, 9.17) is 4.74 Å². The highest BCUT2D eigenvalue weighted by atomic mass is 79.9. The quantitative estimate of drug-likeness (QED) is 0.573. The van der Waals surface area contributed by atoms with Crippen molar-refractivity contribution in [3.05, 3.63) is 0 Å². The van der Waals surface area contributed by atoms with Crippen LogP contribution in [0, 0.1) is 0 Å². The largest absolute Gasteiger partial charge is 0.458 e. The van der Waals surface area contributed by atoms with Crippen molar-refractivity contribution < 1.29 is 14.8 Å². The highest BCUT2D eigenvalue weighted by molar-refractivity contribution is 9.12. The summed E-state index contributed by atoms with van der Waals surface area (Å²) in [5, 5.41) is 2.90. The molecule has 3 nitrogen and oxygen atoms in total. The Morgan fingerprint density at radius 2 is 2.12 bits per heavy atom. The average molecular weight is 372 g/mol. The number of hydrogen-bond acceptors (Lipinski definition) is 2. The van der Waals surface area contributed by atoms with Crippen molar-refractivity contribution in [1.29, 1.82) is 0 Å². The Labute approximate surface area is 120 Å². The van der Waals surface area contributed by atoms with Crippen molar-refractivity contribution in [2.45, 2.75) is 49.5 Å². The van der Waals surface area contributed by atoms with Gasteiger partial charge in [-0.2, -0.15) is 0 Å². The van der Waals surface area contributed by atoms with Gasteiger partial charge in [0, 0.05) is 18.2 Å². The first-order valence-corrected chi connectivity index (χ1v) is 8.42. The molecule has 1 rings (SSSR count). The van der Waals surface area contributed by atoms with Gasteiger partial charge in [0.15, 0.2) is 0 Å². The average Bonchev–Trinajstić information content (AvgIpc) is 2.36. The lowest BCUT2D eigenvalue weighted by Crippen LogP contribution is -2.88. The van der Waals surface area contributed by atoms with Crippen molar-refractivity contribution in [1.82, 2.24) is 0 Å². The first kappa shape index (κ1) is 15.4. The zero-order chi connectivity index (χ0) is 12.7. The van der Waals surface area contributed by atoms with E-state index >= 15 is 0 Å². The van der Waals surface area contributed by atoms with E-state index in [0.717, 1.165) is 45.2 Å². The van der Waals surface area contributed by atoms with Gasteiger partial charge in [-0.15, -0.1) is 0 Å². The summed E-state index contributed by atoms with van der Waals surface area (Å²) in [6.07, 6.45) is 5.26. The van der Waals surface area contributed by atoms with Crippen LogP contribution >= 0.6 is 31.9 Å². The Morgan fingerprint density at radius 3 is 2.65 bits per heavy atom. The molecule has 1 atom stereocenters. The van der Waals surface area contributed by atoms with Crippen LogP contribution in [0.2, 0.25) is 0 Å². The number of ether oxygens (including phenoxy) is 1. The minimum absolute atomic E-state index is 0.125. The second-order valence-corrected chi connectivity index (χ2v) is 6.45. The van der Waals surface area contributed by atoms with Gasteiger partial charge in [-0.3, -0.25) is 4.79 Å². The highest BCUT2D eigenvalue weighted by Gasteiger charge is 2.38. The normalized spacial score (nSPS) is 20.9. The molecular formula is C12H22Br2NO2+. The topological polar surface area (TPSA) is 42.9 Å². The number of alkyl halides is 2. The Kier molecular flexibility index (Phi) is 7.04. The second kappa shape index (κ2) is 7.74. The van der Waals surface area contributed by atoms with E-state index in [1.165, 1.54) is 0 Å². The SMILES string of the molecule is CCCCC1(OC(=O)C(Br)CBr)CC[NH2+]CC1. The van der Waals surface area contributed by atoms with Crippen LogP contribution in [0.3, 0.4) is 0 Å². The lowest BCUT2D eigenvalue weighted by Gasteiger charge is -2.36. The fraction of sp³-hybridized carbons (Fsp3) is 0.917. The fourth-order valence-corrected chi connectivity index (χ4v) is 2.60. The van der Waals surface area contributed by atoms with E-state index in [1.807, 2.05) is 0 Å². The summed E-state index contributed by atoms with van der Waals surface area (Å²) in [6.45, 7) is 4.31. The molecule has 0 aromatic rings. The van der Waals surface area contributed by atoms with E-state index < -0.39 is 0 Å². The molecule has 1 unspecified atom stereocenters. The Bertz CT molecular complexity index is 243. The van der Waals surface area contributed by atoms with Crippen LogP contribution in [0.1, 0.15) is 39.0 Å². The Hall–Kier alpha value is 0.390. The predicted molar refractivity (Wildman–Crippen MR) is 75.8 cm³/mol. The van der Waals surface area contributed by atoms with Gasteiger partial charge in [0.05, 0.1) is 13.1 Å². The van der Waals surface area contributed by atoms with Crippen LogP contribution in [0.15, 0.2) is 0 Å². The molecule has 0 aliphatic carbocycles. The lowest BCUT2D eigenvalue weighted by atomic mass is 9.87. The van der Waals surface area contributed by atoms with Crippen molar-refractivity contribution in [2.75, 3.05) is 18.4 Å². The summed E-state index contributed by atoms with van der Waals surface area (Å²) in [6, 6.07) is 0. The molecule has 1 aliphatic rings. The lowest BCUT2D eigenvalue weighted by molar-refractivity contribution is -0.668. The molecule has 0 saturated carbocycles. The Balaban J connectivity index is 2.59. The summed E-state index contributed by atoms with van der Waals surface area (Å²) < 4.78 is 5.80. The van der Waals surface area contributed by atoms with E-state index in [1.54, 1.807) is 0 Å². The van der Waals surface area contributed by atoms with E-state index in [-0.39, 0.29) is 16.4 Å². The number of nitrogens with two attached hydrogens (primary N) is 1. The third-order valence-corrected chi connectivity index (χ3v) is 5.52. The van der Waals surface area contributed by atoms with Crippen LogP contribution in [-0.2, 0) is 9.53 Å². The maximum Gasteiger partial charge on any atom is 0.321 e. The van der Waals surface area contributed by atoms with Gasteiger partial charge in [-0.05, 0) is 12.8 Å². The summed E-state index contributed by atoms with van der Waals surface area (Å²) in [7, 11) is 0. The molecule has 1 aliphatic heterocycles. The minimum Gasteiger partial charge on any atom is -0.458 e. The number of carbonyl (C=O) groups excluding carboxylic acids is 1. The maximum atomic E-state index is 11.9. The van der Waals surface area contributed by atoms with Crippen LogP contribution in [0.5, 0.6) is 0 Å². The number of quaternary nitrogens is 1.